The molecule has 6 radical (unpaired) electrons. The molecule has 1 aromatic heterocycles. The molecular formula is C17H8B3Br2NO5. The van der Waals surface area contributed by atoms with Gasteiger partial charge in [-0.15, -0.1) is 0 Å². The van der Waals surface area contributed by atoms with Gasteiger partial charge in [-0.3, -0.25) is 14.9 Å². The molecule has 0 saturated heterocycles. The molecule has 0 amide bonds. The molecule has 0 bridgehead atoms. The van der Waals surface area contributed by atoms with Crippen LogP contribution in [-0.2, 0) is 6.42 Å². The van der Waals surface area contributed by atoms with Gasteiger partial charge < -0.3 is 9.52 Å². The predicted octanol–water partition coefficient (Wildman–Crippen LogP) is 1.75. The van der Waals surface area contributed by atoms with Crippen molar-refractivity contribution < 1.29 is 19.2 Å². The molecule has 1 N–H and O–H groups in total. The third-order valence-electron chi connectivity index (χ3n) is 4.31. The van der Waals surface area contributed by atoms with Gasteiger partial charge >= 0.3 is 0 Å². The first kappa shape index (κ1) is 20.7. The van der Waals surface area contributed by atoms with Crippen LogP contribution in [0, 0.1) is 10.1 Å². The van der Waals surface area contributed by atoms with E-state index in [-0.39, 0.29) is 50.0 Å². The summed E-state index contributed by atoms with van der Waals surface area (Å²) < 4.78 is 6.28. The van der Waals surface area contributed by atoms with Gasteiger partial charge in [0.15, 0.2) is 5.78 Å². The number of nitro groups is 1. The van der Waals surface area contributed by atoms with Gasteiger partial charge in [0.1, 0.15) is 40.6 Å². The smallest absolute Gasteiger partial charge is 0.258 e. The fourth-order valence-electron chi connectivity index (χ4n) is 2.97. The van der Waals surface area contributed by atoms with E-state index in [2.05, 4.69) is 31.9 Å². The molecule has 0 atom stereocenters. The summed E-state index contributed by atoms with van der Waals surface area (Å²) in [5.74, 6) is -0.261. The number of hydrogen-bond acceptors (Lipinski definition) is 5. The average molecular weight is 498 g/mol. The highest BCUT2D eigenvalue weighted by atomic mass is 79.9. The van der Waals surface area contributed by atoms with E-state index in [1.165, 1.54) is 12.1 Å². The van der Waals surface area contributed by atoms with Gasteiger partial charge in [0, 0.05) is 22.8 Å². The Bertz CT molecular complexity index is 1150. The van der Waals surface area contributed by atoms with Crippen LogP contribution in [0.2, 0.25) is 0 Å². The maximum absolute atomic E-state index is 13.3. The van der Waals surface area contributed by atoms with Gasteiger partial charge in [-0.25, -0.2) is 0 Å². The molecule has 6 nitrogen and oxygen atoms in total. The highest BCUT2D eigenvalue weighted by Gasteiger charge is 2.29. The maximum atomic E-state index is 13.3. The van der Waals surface area contributed by atoms with Crippen molar-refractivity contribution in [2.75, 3.05) is 0 Å². The van der Waals surface area contributed by atoms with E-state index in [1.807, 2.05) is 0 Å². The minimum atomic E-state index is -0.746. The number of phenolic OH excluding ortho intramolecular Hbond substituents is 1. The normalized spacial score (nSPS) is 11.1. The molecule has 0 aliphatic rings. The lowest BCUT2D eigenvalue weighted by molar-refractivity contribution is -0.382. The van der Waals surface area contributed by atoms with Crippen LogP contribution >= 0.6 is 31.9 Å². The zero-order chi connectivity index (χ0) is 20.9. The molecule has 2 aromatic carbocycles. The minimum Gasteiger partial charge on any atom is -0.506 e. The molecule has 0 unspecified atom stereocenters. The lowest BCUT2D eigenvalue weighted by Gasteiger charge is -2.10. The Morgan fingerprint density at radius 2 is 1.75 bits per heavy atom. The number of hydrogen-bond donors (Lipinski definition) is 1. The van der Waals surface area contributed by atoms with Crippen LogP contribution in [0.5, 0.6) is 5.75 Å². The Labute approximate surface area is 180 Å². The second kappa shape index (κ2) is 7.44. The number of halogens is 2. The molecule has 0 aliphatic carbocycles. The van der Waals surface area contributed by atoms with E-state index < -0.39 is 16.4 Å². The lowest BCUT2D eigenvalue weighted by atomic mass is 9.72. The van der Waals surface area contributed by atoms with Crippen LogP contribution in [0.15, 0.2) is 25.5 Å². The van der Waals surface area contributed by atoms with Crippen molar-refractivity contribution in [3.63, 3.8) is 0 Å². The fourth-order valence-corrected chi connectivity index (χ4v) is 4.15. The second-order valence-electron chi connectivity index (χ2n) is 5.92. The summed E-state index contributed by atoms with van der Waals surface area (Å²) in [7, 11) is 17.8. The molecule has 28 heavy (non-hydrogen) atoms. The van der Waals surface area contributed by atoms with E-state index in [1.54, 1.807) is 6.92 Å². The van der Waals surface area contributed by atoms with E-state index in [0.29, 0.717) is 15.4 Å². The van der Waals surface area contributed by atoms with Crippen LogP contribution < -0.4 is 16.4 Å². The highest BCUT2D eigenvalue weighted by molar-refractivity contribution is 9.11. The summed E-state index contributed by atoms with van der Waals surface area (Å²) in [6.45, 7) is 1.75. The second-order valence-corrected chi connectivity index (χ2v) is 7.63. The average Bonchev–Trinajstić information content (AvgIpc) is 3.03. The van der Waals surface area contributed by atoms with Crippen molar-refractivity contribution in [1.29, 1.82) is 0 Å². The van der Waals surface area contributed by atoms with Crippen molar-refractivity contribution in [2.24, 2.45) is 0 Å². The van der Waals surface area contributed by atoms with Gasteiger partial charge in [-0.2, -0.15) is 0 Å². The van der Waals surface area contributed by atoms with E-state index in [0.717, 1.165) is 0 Å². The molecule has 3 aromatic rings. The number of ketones is 1. The summed E-state index contributed by atoms with van der Waals surface area (Å²) in [6, 6.07) is 2.88. The van der Waals surface area contributed by atoms with Crippen molar-refractivity contribution in [1.82, 2.24) is 0 Å². The molecule has 0 spiro atoms. The summed E-state index contributed by atoms with van der Waals surface area (Å²) in [5.41, 5.74) is -1.06. The largest absolute Gasteiger partial charge is 0.506 e. The van der Waals surface area contributed by atoms with Gasteiger partial charge in [0.25, 0.3) is 5.69 Å². The number of phenols is 1. The number of carbonyl (C=O) groups excluding carboxylic acids is 1. The Morgan fingerprint density at radius 1 is 1.18 bits per heavy atom. The van der Waals surface area contributed by atoms with Gasteiger partial charge in [0.05, 0.1) is 19.4 Å². The molecule has 134 valence electrons. The monoisotopic (exact) mass is 497 g/mol. The highest BCUT2D eigenvalue weighted by Crippen LogP contribution is 2.35. The van der Waals surface area contributed by atoms with Crippen molar-refractivity contribution >= 4 is 94.2 Å². The van der Waals surface area contributed by atoms with Gasteiger partial charge in [-0.05, 0) is 49.5 Å². The quantitative estimate of drug-likeness (QED) is 0.256. The topological polar surface area (TPSA) is 93.6 Å². The molecule has 11 heteroatoms. The van der Waals surface area contributed by atoms with Crippen molar-refractivity contribution in [3.8, 4) is 5.75 Å². The van der Waals surface area contributed by atoms with Crippen LogP contribution in [-0.4, -0.2) is 39.4 Å². The molecule has 0 aliphatic heterocycles. The van der Waals surface area contributed by atoms with Gasteiger partial charge in [0.2, 0.25) is 0 Å². The number of rotatable bonds is 4. The Hall–Kier alpha value is -2.00. The molecule has 3 rings (SSSR count). The first-order valence-electron chi connectivity index (χ1n) is 7.88. The molecule has 0 saturated carbocycles. The Morgan fingerprint density at radius 3 is 2.25 bits per heavy atom. The number of nitro benzene ring substituents is 1. The van der Waals surface area contributed by atoms with E-state index >= 15 is 0 Å². The predicted molar refractivity (Wildman–Crippen MR) is 115 cm³/mol. The summed E-state index contributed by atoms with van der Waals surface area (Å²) in [6.07, 6.45) is 0.308. The lowest BCUT2D eigenvalue weighted by Crippen LogP contribution is -2.35. The first-order chi connectivity index (χ1) is 13.1. The third kappa shape index (κ3) is 3.10. The Kier molecular flexibility index (Phi) is 5.51. The number of aryl methyl sites for hydroxylation is 1. The molecule has 1 heterocycles. The van der Waals surface area contributed by atoms with Crippen molar-refractivity contribution in [3.05, 3.63) is 48.1 Å². The van der Waals surface area contributed by atoms with Crippen LogP contribution in [0.3, 0.4) is 0 Å². The fraction of sp³-hybridized carbons (Fsp3) is 0.118. The molecule has 0 fully saturated rings. The van der Waals surface area contributed by atoms with E-state index in [9.17, 15) is 20.0 Å². The standard InChI is InChI=1S/C17H8B3Br2NO5/c1-2-8-9(15(24)5-3-6(21)16(25)7(22)4-5)10-11(18)12(19)14(23(26)27)13(20)17(10)28-8/h3-4,25H,2H2,1H3. The van der Waals surface area contributed by atoms with Crippen LogP contribution in [0.25, 0.3) is 11.0 Å². The van der Waals surface area contributed by atoms with Crippen LogP contribution in [0.4, 0.5) is 5.69 Å². The number of carbonyl (C=O) groups is 1. The first-order valence-corrected chi connectivity index (χ1v) is 9.47. The van der Waals surface area contributed by atoms with Crippen molar-refractivity contribution in [2.45, 2.75) is 13.3 Å². The summed E-state index contributed by atoms with van der Waals surface area (Å²) in [5, 5.41) is 21.3. The van der Waals surface area contributed by atoms with Gasteiger partial charge in [-0.1, -0.05) is 12.4 Å². The third-order valence-corrected chi connectivity index (χ3v) is 5.51. The number of furan rings is 1. The number of aromatic hydroxyl groups is 1. The number of benzene rings is 2. The summed E-state index contributed by atoms with van der Waals surface area (Å²) in [4.78, 5) is 23.8. The summed E-state index contributed by atoms with van der Waals surface area (Å²) >= 11 is 6.36. The number of nitrogens with zero attached hydrogens (tertiary/aromatic N) is 1. The number of fused-ring (bicyclic) bond motifs is 1. The zero-order valence-corrected chi connectivity index (χ0v) is 17.5. The minimum absolute atomic E-state index is 0.0597. The Balaban J connectivity index is 2.38. The van der Waals surface area contributed by atoms with Crippen LogP contribution in [0.1, 0.15) is 28.6 Å². The van der Waals surface area contributed by atoms with E-state index in [4.69, 9.17) is 28.0 Å². The molecular weight excluding hydrogens is 490 g/mol. The zero-order valence-electron chi connectivity index (χ0n) is 14.4. The maximum Gasteiger partial charge on any atom is 0.258 e. The SMILES string of the molecule is [B]c1c([N+](=O)[O-])c([B])c2oc(CC)c(C(=O)c3cc(Br)c(O)c(Br)c3)c2c1[B].